The maximum absolute atomic E-state index is 13.5. The number of rotatable bonds is 4. The number of hydrogen-bond acceptors (Lipinski definition) is 2. The van der Waals surface area contributed by atoms with E-state index in [1.165, 1.54) is 6.92 Å². The third kappa shape index (κ3) is 3.78. The highest BCUT2D eigenvalue weighted by Crippen LogP contribution is 2.17. The number of amides is 1. The summed E-state index contributed by atoms with van der Waals surface area (Å²) in [6.45, 7) is 1.58. The molecule has 0 saturated carbocycles. The van der Waals surface area contributed by atoms with Crippen molar-refractivity contribution in [1.82, 2.24) is 0 Å². The molecule has 5 heteroatoms. The molecule has 2 aromatic rings. The summed E-state index contributed by atoms with van der Waals surface area (Å²) in [5, 5.41) is 5.64. The molecule has 2 N–H and O–H groups in total. The summed E-state index contributed by atoms with van der Waals surface area (Å²) in [5.41, 5.74) is 1.59. The van der Waals surface area contributed by atoms with Gasteiger partial charge >= 0.3 is 0 Å². The van der Waals surface area contributed by atoms with Crippen LogP contribution in [0.25, 0.3) is 0 Å². The second-order valence-corrected chi connectivity index (χ2v) is 4.35. The molecule has 104 valence electrons. The summed E-state index contributed by atoms with van der Waals surface area (Å²) >= 11 is 0. The van der Waals surface area contributed by atoms with Gasteiger partial charge in [-0.15, -0.1) is 0 Å². The number of anilines is 2. The van der Waals surface area contributed by atoms with Crippen molar-refractivity contribution in [3.05, 3.63) is 59.7 Å². The van der Waals surface area contributed by atoms with Crippen LogP contribution in [0.15, 0.2) is 42.5 Å². The van der Waals surface area contributed by atoms with E-state index < -0.39 is 11.6 Å². The van der Waals surface area contributed by atoms with Gasteiger partial charge in [0.1, 0.15) is 11.6 Å². The lowest BCUT2D eigenvalue weighted by molar-refractivity contribution is -0.114. The summed E-state index contributed by atoms with van der Waals surface area (Å²) < 4.78 is 26.5. The molecule has 0 spiro atoms. The fourth-order valence-electron chi connectivity index (χ4n) is 1.79. The van der Waals surface area contributed by atoms with Gasteiger partial charge in [0.25, 0.3) is 0 Å². The summed E-state index contributed by atoms with van der Waals surface area (Å²) in [6.07, 6.45) is 0. The Morgan fingerprint density at radius 1 is 1.10 bits per heavy atom. The number of carbonyl (C=O) groups is 1. The van der Waals surface area contributed by atoms with Crippen LogP contribution in [0.2, 0.25) is 0 Å². The molecule has 0 atom stereocenters. The zero-order valence-electron chi connectivity index (χ0n) is 10.9. The van der Waals surface area contributed by atoms with Crippen molar-refractivity contribution < 1.29 is 13.6 Å². The van der Waals surface area contributed by atoms with Gasteiger partial charge in [-0.25, -0.2) is 8.78 Å². The fraction of sp³-hybridized carbons (Fsp3) is 0.133. The molecule has 0 aliphatic carbocycles. The molecule has 20 heavy (non-hydrogen) atoms. The Balaban J connectivity index is 2.07. The van der Waals surface area contributed by atoms with Gasteiger partial charge in [-0.3, -0.25) is 4.79 Å². The van der Waals surface area contributed by atoms with Crippen LogP contribution < -0.4 is 10.6 Å². The smallest absolute Gasteiger partial charge is 0.221 e. The van der Waals surface area contributed by atoms with Crippen molar-refractivity contribution in [2.24, 2.45) is 0 Å². The Kier molecular flexibility index (Phi) is 4.30. The van der Waals surface area contributed by atoms with Crippen molar-refractivity contribution in [3.63, 3.8) is 0 Å². The van der Waals surface area contributed by atoms with Gasteiger partial charge < -0.3 is 10.6 Å². The Labute approximate surface area is 115 Å². The number of nitrogens with one attached hydrogen (secondary N) is 2. The van der Waals surface area contributed by atoms with Gasteiger partial charge in [-0.2, -0.15) is 0 Å². The first kappa shape index (κ1) is 14.0. The summed E-state index contributed by atoms with van der Waals surface area (Å²) in [6, 6.07) is 10.3. The third-order valence-electron chi connectivity index (χ3n) is 2.67. The molecular weight excluding hydrogens is 262 g/mol. The first-order valence-corrected chi connectivity index (χ1v) is 6.10. The minimum absolute atomic E-state index is 0.160. The van der Waals surface area contributed by atoms with Crippen LogP contribution in [0.3, 0.4) is 0 Å². The van der Waals surface area contributed by atoms with E-state index in [4.69, 9.17) is 0 Å². The number of benzene rings is 2. The van der Waals surface area contributed by atoms with Crippen LogP contribution in [0.1, 0.15) is 12.5 Å². The van der Waals surface area contributed by atoms with Crippen LogP contribution >= 0.6 is 0 Å². The predicted molar refractivity (Wildman–Crippen MR) is 74.4 cm³/mol. The quantitative estimate of drug-likeness (QED) is 0.896. The van der Waals surface area contributed by atoms with Gasteiger partial charge in [0, 0.05) is 30.4 Å². The van der Waals surface area contributed by atoms with Gasteiger partial charge in [0.2, 0.25) is 5.91 Å². The molecule has 0 radical (unpaired) electrons. The van der Waals surface area contributed by atoms with Crippen molar-refractivity contribution >= 4 is 17.3 Å². The first-order valence-electron chi connectivity index (χ1n) is 6.10. The number of halogens is 2. The van der Waals surface area contributed by atoms with Crippen LogP contribution in [0.5, 0.6) is 0 Å². The zero-order valence-corrected chi connectivity index (χ0v) is 10.9. The average molecular weight is 276 g/mol. The standard InChI is InChI=1S/C15H14F2N2O/c1-10(20)19-14-4-2-3-13(8-14)18-9-11-7-12(16)5-6-15(11)17/h2-8,18H,9H2,1H3,(H,19,20). The monoisotopic (exact) mass is 276 g/mol. The van der Waals surface area contributed by atoms with E-state index in [1.54, 1.807) is 24.3 Å². The normalized spacial score (nSPS) is 10.2. The van der Waals surface area contributed by atoms with E-state index in [1.807, 2.05) is 0 Å². The minimum Gasteiger partial charge on any atom is -0.381 e. The van der Waals surface area contributed by atoms with Crippen molar-refractivity contribution in [3.8, 4) is 0 Å². The molecule has 0 aliphatic rings. The first-order chi connectivity index (χ1) is 9.54. The van der Waals surface area contributed by atoms with Crippen LogP contribution in [-0.4, -0.2) is 5.91 Å². The van der Waals surface area contributed by atoms with Gasteiger partial charge in [-0.05, 0) is 36.4 Å². The molecule has 0 saturated heterocycles. The molecule has 2 rings (SSSR count). The molecular formula is C15H14F2N2O. The lowest BCUT2D eigenvalue weighted by Gasteiger charge is -2.09. The van der Waals surface area contributed by atoms with Gasteiger partial charge in [0.05, 0.1) is 0 Å². The molecule has 0 fully saturated rings. The summed E-state index contributed by atoms with van der Waals surface area (Å²) in [5.74, 6) is -1.11. The maximum atomic E-state index is 13.5. The number of carbonyl (C=O) groups excluding carboxylic acids is 1. The lowest BCUT2D eigenvalue weighted by Crippen LogP contribution is -2.07. The second kappa shape index (κ2) is 6.14. The SMILES string of the molecule is CC(=O)Nc1cccc(NCc2cc(F)ccc2F)c1. The highest BCUT2D eigenvalue weighted by molar-refractivity contribution is 5.89. The van der Waals surface area contributed by atoms with E-state index in [0.29, 0.717) is 11.4 Å². The third-order valence-corrected chi connectivity index (χ3v) is 2.67. The fourth-order valence-corrected chi connectivity index (χ4v) is 1.79. The molecule has 3 nitrogen and oxygen atoms in total. The number of hydrogen-bond donors (Lipinski definition) is 2. The van der Waals surface area contributed by atoms with Crippen molar-refractivity contribution in [2.75, 3.05) is 10.6 Å². The molecule has 0 unspecified atom stereocenters. The molecule has 1 amide bonds. The molecule has 0 heterocycles. The van der Waals surface area contributed by atoms with Crippen molar-refractivity contribution in [1.29, 1.82) is 0 Å². The predicted octanol–water partition coefficient (Wildman–Crippen LogP) is 3.54. The van der Waals surface area contributed by atoms with E-state index in [2.05, 4.69) is 10.6 Å². The van der Waals surface area contributed by atoms with E-state index >= 15 is 0 Å². The molecule has 0 aromatic heterocycles. The Morgan fingerprint density at radius 2 is 1.85 bits per heavy atom. The minimum atomic E-state index is -0.477. The Bertz CT molecular complexity index is 629. The zero-order chi connectivity index (χ0) is 14.5. The molecule has 0 bridgehead atoms. The highest BCUT2D eigenvalue weighted by Gasteiger charge is 2.04. The van der Waals surface area contributed by atoms with Crippen LogP contribution in [-0.2, 0) is 11.3 Å². The Hall–Kier alpha value is -2.43. The largest absolute Gasteiger partial charge is 0.381 e. The topological polar surface area (TPSA) is 41.1 Å². The van der Waals surface area contributed by atoms with E-state index in [0.717, 1.165) is 18.2 Å². The average Bonchev–Trinajstić information content (AvgIpc) is 2.39. The van der Waals surface area contributed by atoms with Crippen molar-refractivity contribution in [2.45, 2.75) is 13.5 Å². The maximum Gasteiger partial charge on any atom is 0.221 e. The van der Waals surface area contributed by atoms with Crippen LogP contribution in [0.4, 0.5) is 20.2 Å². The van der Waals surface area contributed by atoms with Gasteiger partial charge in [0.15, 0.2) is 0 Å². The van der Waals surface area contributed by atoms with E-state index in [9.17, 15) is 13.6 Å². The summed E-state index contributed by atoms with van der Waals surface area (Å²) in [4.78, 5) is 11.0. The molecule has 2 aromatic carbocycles. The highest BCUT2D eigenvalue weighted by atomic mass is 19.1. The lowest BCUT2D eigenvalue weighted by atomic mass is 10.2. The van der Waals surface area contributed by atoms with Crippen LogP contribution in [0, 0.1) is 11.6 Å². The van der Waals surface area contributed by atoms with Gasteiger partial charge in [-0.1, -0.05) is 6.07 Å². The molecule has 0 aliphatic heterocycles. The second-order valence-electron chi connectivity index (χ2n) is 4.35. The Morgan fingerprint density at radius 3 is 2.60 bits per heavy atom. The van der Waals surface area contributed by atoms with E-state index in [-0.39, 0.29) is 18.0 Å². The summed E-state index contributed by atoms with van der Waals surface area (Å²) in [7, 11) is 0.